The Morgan fingerprint density at radius 2 is 2.21 bits per heavy atom. The summed E-state index contributed by atoms with van der Waals surface area (Å²) in [6.07, 6.45) is 0.589. The number of hydrogen-bond donors (Lipinski definition) is 1. The Morgan fingerprint density at radius 1 is 1.42 bits per heavy atom. The largest absolute Gasteiger partial charge is 0.310 e. The van der Waals surface area contributed by atoms with E-state index in [-0.39, 0.29) is 11.9 Å². The Kier molecular flexibility index (Phi) is 4.21. The number of halogens is 1. The van der Waals surface area contributed by atoms with Crippen LogP contribution in [0.25, 0.3) is 0 Å². The van der Waals surface area contributed by atoms with Gasteiger partial charge in [-0.1, -0.05) is 13.0 Å². The van der Waals surface area contributed by atoms with Crippen molar-refractivity contribution in [3.05, 3.63) is 41.0 Å². The maximum absolute atomic E-state index is 13.4. The number of likely N-dealkylation sites (N-methyl/N-ethyl adjacent to an activating group) is 1. The Bertz CT molecular complexity index is 552. The second-order valence-corrected chi connectivity index (χ2v) is 4.51. The molecule has 0 bridgehead atoms. The zero-order valence-corrected chi connectivity index (χ0v) is 11.4. The molecule has 1 aromatic carbocycles. The molecule has 0 spiro atoms. The molecule has 0 amide bonds. The van der Waals surface area contributed by atoms with E-state index in [1.807, 2.05) is 13.8 Å². The third kappa shape index (κ3) is 3.35. The van der Waals surface area contributed by atoms with Crippen LogP contribution in [-0.4, -0.2) is 26.8 Å². The molecule has 0 saturated carbocycles. The van der Waals surface area contributed by atoms with Crippen LogP contribution in [0.5, 0.6) is 0 Å². The van der Waals surface area contributed by atoms with Crippen LogP contribution >= 0.6 is 0 Å². The van der Waals surface area contributed by atoms with Crippen molar-refractivity contribution >= 4 is 0 Å². The number of rotatable bonds is 5. The number of aromatic nitrogens is 4. The minimum Gasteiger partial charge on any atom is -0.310 e. The molecule has 1 unspecified atom stereocenters. The summed E-state index contributed by atoms with van der Waals surface area (Å²) in [5, 5.41) is 15.3. The van der Waals surface area contributed by atoms with Crippen LogP contribution in [0.1, 0.15) is 29.9 Å². The number of benzene rings is 1. The first-order valence-electron chi connectivity index (χ1n) is 6.32. The van der Waals surface area contributed by atoms with E-state index in [0.29, 0.717) is 12.2 Å². The molecule has 1 N–H and O–H groups in total. The highest BCUT2D eigenvalue weighted by Crippen LogP contribution is 2.21. The minimum atomic E-state index is -0.226. The van der Waals surface area contributed by atoms with Gasteiger partial charge in [0, 0.05) is 12.5 Å². The van der Waals surface area contributed by atoms with Crippen molar-refractivity contribution in [3.8, 4) is 0 Å². The van der Waals surface area contributed by atoms with E-state index in [1.54, 1.807) is 19.2 Å². The third-order valence-electron chi connectivity index (χ3n) is 3.00. The first kappa shape index (κ1) is 13.6. The first-order valence-corrected chi connectivity index (χ1v) is 6.32. The molecular formula is C13H18FN5. The standard InChI is InChI=1S/C13H18FN5/c1-4-15-12(8-13-16-18-19(3)17-13)11-7-10(14)6-5-9(11)2/h5-7,12,15H,4,8H2,1-3H3. The molecular weight excluding hydrogens is 245 g/mol. The molecule has 1 atom stereocenters. The van der Waals surface area contributed by atoms with Crippen LogP contribution in [0.2, 0.25) is 0 Å². The fourth-order valence-corrected chi connectivity index (χ4v) is 2.11. The molecule has 1 heterocycles. The van der Waals surface area contributed by atoms with Gasteiger partial charge in [0.2, 0.25) is 0 Å². The van der Waals surface area contributed by atoms with Gasteiger partial charge in [-0.25, -0.2) is 4.39 Å². The SMILES string of the molecule is CCNC(Cc1nnn(C)n1)c1cc(F)ccc1C. The molecule has 6 heteroatoms. The summed E-state index contributed by atoms with van der Waals surface area (Å²) >= 11 is 0. The van der Waals surface area contributed by atoms with E-state index in [9.17, 15) is 4.39 Å². The van der Waals surface area contributed by atoms with Gasteiger partial charge in [0.25, 0.3) is 0 Å². The van der Waals surface area contributed by atoms with Gasteiger partial charge >= 0.3 is 0 Å². The number of tetrazole rings is 1. The van der Waals surface area contributed by atoms with Gasteiger partial charge in [0.15, 0.2) is 5.82 Å². The number of nitrogens with zero attached hydrogens (tertiary/aromatic N) is 4. The van der Waals surface area contributed by atoms with E-state index in [1.165, 1.54) is 10.9 Å². The molecule has 1 aromatic heterocycles. The monoisotopic (exact) mass is 263 g/mol. The highest BCUT2D eigenvalue weighted by atomic mass is 19.1. The lowest BCUT2D eigenvalue weighted by atomic mass is 9.98. The van der Waals surface area contributed by atoms with Gasteiger partial charge in [-0.3, -0.25) is 0 Å². The van der Waals surface area contributed by atoms with Crippen molar-refractivity contribution < 1.29 is 4.39 Å². The molecule has 2 aromatic rings. The van der Waals surface area contributed by atoms with Gasteiger partial charge in [0.1, 0.15) is 5.82 Å². The van der Waals surface area contributed by atoms with Crippen LogP contribution in [0.15, 0.2) is 18.2 Å². The highest BCUT2D eigenvalue weighted by Gasteiger charge is 2.16. The van der Waals surface area contributed by atoms with E-state index in [4.69, 9.17) is 0 Å². The second-order valence-electron chi connectivity index (χ2n) is 4.51. The zero-order chi connectivity index (χ0) is 13.8. The fourth-order valence-electron chi connectivity index (χ4n) is 2.11. The average molecular weight is 263 g/mol. The second kappa shape index (κ2) is 5.88. The first-order chi connectivity index (χ1) is 9.10. The molecule has 0 aliphatic carbocycles. The predicted octanol–water partition coefficient (Wildman–Crippen LogP) is 1.55. The van der Waals surface area contributed by atoms with Crippen LogP contribution in [0.3, 0.4) is 0 Å². The fraction of sp³-hybridized carbons (Fsp3) is 0.462. The minimum absolute atomic E-state index is 0.00935. The molecule has 2 rings (SSSR count). The summed E-state index contributed by atoms with van der Waals surface area (Å²) in [7, 11) is 1.73. The van der Waals surface area contributed by atoms with Gasteiger partial charge in [-0.05, 0) is 41.9 Å². The summed E-state index contributed by atoms with van der Waals surface area (Å²) in [6, 6.07) is 4.82. The van der Waals surface area contributed by atoms with Crippen molar-refractivity contribution in [2.45, 2.75) is 26.3 Å². The molecule has 102 valence electrons. The normalized spacial score (nSPS) is 12.6. The van der Waals surface area contributed by atoms with E-state index < -0.39 is 0 Å². The molecule has 5 nitrogen and oxygen atoms in total. The Balaban J connectivity index is 2.26. The predicted molar refractivity (Wildman–Crippen MR) is 70.1 cm³/mol. The zero-order valence-electron chi connectivity index (χ0n) is 11.4. The highest BCUT2D eigenvalue weighted by molar-refractivity contribution is 5.30. The maximum Gasteiger partial charge on any atom is 0.176 e. The van der Waals surface area contributed by atoms with Gasteiger partial charge < -0.3 is 5.32 Å². The number of hydrogen-bond acceptors (Lipinski definition) is 4. The summed E-state index contributed by atoms with van der Waals surface area (Å²) in [4.78, 5) is 1.43. The lowest BCUT2D eigenvalue weighted by molar-refractivity contribution is 0.526. The topological polar surface area (TPSA) is 55.6 Å². The van der Waals surface area contributed by atoms with E-state index >= 15 is 0 Å². The molecule has 0 aliphatic rings. The van der Waals surface area contributed by atoms with Crippen molar-refractivity contribution in [2.75, 3.05) is 6.54 Å². The van der Waals surface area contributed by atoms with Crippen molar-refractivity contribution in [2.24, 2.45) is 7.05 Å². The quantitative estimate of drug-likeness (QED) is 0.889. The Morgan fingerprint density at radius 3 is 2.84 bits per heavy atom. The molecule has 19 heavy (non-hydrogen) atoms. The van der Waals surface area contributed by atoms with Gasteiger partial charge in [-0.15, -0.1) is 10.2 Å². The summed E-state index contributed by atoms with van der Waals surface area (Å²) < 4.78 is 13.4. The number of aryl methyl sites for hydroxylation is 2. The molecule has 0 fully saturated rings. The molecule has 0 saturated heterocycles. The average Bonchev–Trinajstić information content (AvgIpc) is 2.77. The summed E-state index contributed by atoms with van der Waals surface area (Å²) in [6.45, 7) is 4.79. The van der Waals surface area contributed by atoms with Gasteiger partial charge in [0.05, 0.1) is 7.05 Å². The molecule has 0 aliphatic heterocycles. The van der Waals surface area contributed by atoms with Crippen LogP contribution < -0.4 is 5.32 Å². The van der Waals surface area contributed by atoms with Crippen LogP contribution in [0.4, 0.5) is 4.39 Å². The lowest BCUT2D eigenvalue weighted by Crippen LogP contribution is -2.24. The van der Waals surface area contributed by atoms with Crippen LogP contribution in [0, 0.1) is 12.7 Å². The summed E-state index contributed by atoms with van der Waals surface area (Å²) in [5.41, 5.74) is 1.99. The van der Waals surface area contributed by atoms with Crippen LogP contribution in [-0.2, 0) is 13.5 Å². The number of nitrogens with one attached hydrogen (secondary N) is 1. The lowest BCUT2D eigenvalue weighted by Gasteiger charge is -2.19. The summed E-state index contributed by atoms with van der Waals surface area (Å²) in [5.74, 6) is 0.424. The van der Waals surface area contributed by atoms with E-state index in [2.05, 4.69) is 20.7 Å². The van der Waals surface area contributed by atoms with Crippen molar-refractivity contribution in [1.29, 1.82) is 0 Å². The Labute approximate surface area is 111 Å². The van der Waals surface area contributed by atoms with Crippen molar-refractivity contribution in [1.82, 2.24) is 25.5 Å². The van der Waals surface area contributed by atoms with E-state index in [0.717, 1.165) is 17.7 Å². The third-order valence-corrected chi connectivity index (χ3v) is 3.00. The van der Waals surface area contributed by atoms with Crippen molar-refractivity contribution in [3.63, 3.8) is 0 Å². The Hall–Kier alpha value is -1.82. The molecule has 0 radical (unpaired) electrons. The van der Waals surface area contributed by atoms with Gasteiger partial charge in [-0.2, -0.15) is 4.80 Å². The smallest absolute Gasteiger partial charge is 0.176 e. The maximum atomic E-state index is 13.4.